The number of imide groups is 2. The molecule has 0 atom stereocenters. The lowest BCUT2D eigenvalue weighted by molar-refractivity contribution is -0.142. The maximum Gasteiger partial charge on any atom is 0.337 e. The van der Waals surface area contributed by atoms with Gasteiger partial charge in [0.25, 0.3) is 5.91 Å². The number of carbonyl (C=O) groups excluding carboxylic acids is 3. The molecule has 4 amide bonds. The predicted octanol–water partition coefficient (Wildman–Crippen LogP) is 2.16. The van der Waals surface area contributed by atoms with Crippen molar-refractivity contribution in [2.24, 2.45) is 5.41 Å². The monoisotopic (exact) mass is 305 g/mol. The first kappa shape index (κ1) is 12.9. The van der Waals surface area contributed by atoms with Crippen molar-refractivity contribution < 1.29 is 14.4 Å². The molecule has 1 spiro atoms. The van der Waals surface area contributed by atoms with Gasteiger partial charge in [-0.3, -0.25) is 14.9 Å². The van der Waals surface area contributed by atoms with Crippen molar-refractivity contribution in [2.45, 2.75) is 44.4 Å². The Hall–Kier alpha value is -1.76. The SMILES string of the molecule is O=C1NC(=O)C2(CCCC2)C(=O)N1c1nc(C2CC2)cs1. The molecule has 0 aromatic carbocycles. The smallest absolute Gasteiger partial charge is 0.276 e. The van der Waals surface area contributed by atoms with Gasteiger partial charge in [-0.2, -0.15) is 0 Å². The lowest BCUT2D eigenvalue weighted by Crippen LogP contribution is -2.63. The molecule has 110 valence electrons. The normalized spacial score (nSPS) is 24.8. The molecule has 4 rings (SSSR count). The van der Waals surface area contributed by atoms with Crippen molar-refractivity contribution in [1.82, 2.24) is 10.3 Å². The van der Waals surface area contributed by atoms with Gasteiger partial charge in [-0.15, -0.1) is 11.3 Å². The first-order valence-electron chi connectivity index (χ1n) is 7.27. The van der Waals surface area contributed by atoms with Crippen LogP contribution in [-0.2, 0) is 9.59 Å². The molecule has 2 heterocycles. The molecule has 1 N–H and O–H groups in total. The van der Waals surface area contributed by atoms with Crippen LogP contribution in [0.3, 0.4) is 0 Å². The van der Waals surface area contributed by atoms with Crippen LogP contribution in [0.1, 0.15) is 50.1 Å². The summed E-state index contributed by atoms with van der Waals surface area (Å²) in [6.07, 6.45) is 4.95. The number of hydrogen-bond acceptors (Lipinski definition) is 5. The summed E-state index contributed by atoms with van der Waals surface area (Å²) in [6.45, 7) is 0. The molecule has 3 aliphatic rings. The van der Waals surface area contributed by atoms with Crippen molar-refractivity contribution in [1.29, 1.82) is 0 Å². The molecule has 0 radical (unpaired) electrons. The maximum absolute atomic E-state index is 12.8. The number of thiazole rings is 1. The maximum atomic E-state index is 12.8. The summed E-state index contributed by atoms with van der Waals surface area (Å²) in [5, 5.41) is 4.63. The Bertz CT molecular complexity index is 644. The molecule has 1 aromatic heterocycles. The second kappa shape index (κ2) is 4.37. The highest BCUT2D eigenvalue weighted by Crippen LogP contribution is 2.45. The van der Waals surface area contributed by atoms with E-state index >= 15 is 0 Å². The van der Waals surface area contributed by atoms with Crippen LogP contribution < -0.4 is 10.2 Å². The fourth-order valence-electron chi connectivity index (χ4n) is 3.21. The first-order valence-corrected chi connectivity index (χ1v) is 8.15. The van der Waals surface area contributed by atoms with E-state index in [1.165, 1.54) is 11.3 Å². The summed E-state index contributed by atoms with van der Waals surface area (Å²) < 4.78 is 0. The second-order valence-corrected chi connectivity index (χ2v) is 6.85. The molecule has 3 fully saturated rings. The number of hydrogen-bond donors (Lipinski definition) is 1. The van der Waals surface area contributed by atoms with Gasteiger partial charge in [0, 0.05) is 11.3 Å². The highest BCUT2D eigenvalue weighted by molar-refractivity contribution is 7.14. The molecular formula is C14H15N3O3S. The zero-order valence-electron chi connectivity index (χ0n) is 11.4. The van der Waals surface area contributed by atoms with Crippen molar-refractivity contribution in [3.05, 3.63) is 11.1 Å². The number of urea groups is 1. The standard InChI is InChI=1S/C14H15N3O3S/c18-10-14(5-1-2-6-14)11(19)17(12(20)16-10)13-15-9(7-21-13)8-3-4-8/h7-8H,1-6H2,(H,16,18,20). The van der Waals surface area contributed by atoms with Gasteiger partial charge in [-0.25, -0.2) is 14.7 Å². The van der Waals surface area contributed by atoms with Crippen LogP contribution in [-0.4, -0.2) is 22.8 Å². The van der Waals surface area contributed by atoms with Crippen LogP contribution in [0.2, 0.25) is 0 Å². The van der Waals surface area contributed by atoms with E-state index in [-0.39, 0.29) is 0 Å². The van der Waals surface area contributed by atoms with E-state index in [1.807, 2.05) is 5.38 Å². The van der Waals surface area contributed by atoms with Gasteiger partial charge in [0.1, 0.15) is 5.41 Å². The van der Waals surface area contributed by atoms with Crippen LogP contribution >= 0.6 is 11.3 Å². The van der Waals surface area contributed by atoms with Gasteiger partial charge in [0.2, 0.25) is 11.0 Å². The highest BCUT2D eigenvalue weighted by atomic mass is 32.1. The third-order valence-corrected chi connectivity index (χ3v) is 5.47. The lowest BCUT2D eigenvalue weighted by atomic mass is 9.82. The molecule has 1 aliphatic heterocycles. The number of anilines is 1. The zero-order chi connectivity index (χ0) is 14.6. The minimum Gasteiger partial charge on any atom is -0.276 e. The van der Waals surface area contributed by atoms with Gasteiger partial charge in [0.15, 0.2) is 0 Å². The predicted molar refractivity (Wildman–Crippen MR) is 76.0 cm³/mol. The van der Waals surface area contributed by atoms with E-state index < -0.39 is 23.3 Å². The Balaban J connectivity index is 1.70. The molecule has 1 aromatic rings. The number of nitrogens with one attached hydrogen (secondary N) is 1. The Kier molecular flexibility index (Phi) is 2.69. The van der Waals surface area contributed by atoms with Crippen LogP contribution in [0.25, 0.3) is 0 Å². The van der Waals surface area contributed by atoms with Crippen LogP contribution in [0.4, 0.5) is 9.93 Å². The molecule has 0 unspecified atom stereocenters. The largest absolute Gasteiger partial charge is 0.337 e. The van der Waals surface area contributed by atoms with Crippen LogP contribution in [0.15, 0.2) is 5.38 Å². The third kappa shape index (κ3) is 1.83. The van der Waals surface area contributed by atoms with Gasteiger partial charge in [-0.1, -0.05) is 12.8 Å². The van der Waals surface area contributed by atoms with Gasteiger partial charge < -0.3 is 0 Å². The average Bonchev–Trinajstić information content (AvgIpc) is 3.00. The molecule has 2 aliphatic carbocycles. The van der Waals surface area contributed by atoms with E-state index in [0.29, 0.717) is 23.9 Å². The summed E-state index contributed by atoms with van der Waals surface area (Å²) in [5.41, 5.74) is -0.104. The van der Waals surface area contributed by atoms with Crippen molar-refractivity contribution in [2.75, 3.05) is 4.90 Å². The molecule has 7 heteroatoms. The summed E-state index contributed by atoms with van der Waals surface area (Å²) in [7, 11) is 0. The third-order valence-electron chi connectivity index (χ3n) is 4.62. The summed E-state index contributed by atoms with van der Waals surface area (Å²) in [4.78, 5) is 42.5. The summed E-state index contributed by atoms with van der Waals surface area (Å²) in [5.74, 6) is -0.365. The average molecular weight is 305 g/mol. The van der Waals surface area contributed by atoms with Crippen molar-refractivity contribution in [3.8, 4) is 0 Å². The topological polar surface area (TPSA) is 79.4 Å². The van der Waals surface area contributed by atoms with E-state index in [1.54, 1.807) is 0 Å². The summed E-state index contributed by atoms with van der Waals surface area (Å²) >= 11 is 1.30. The number of nitrogens with zero attached hydrogens (tertiary/aromatic N) is 2. The van der Waals surface area contributed by atoms with E-state index in [4.69, 9.17) is 0 Å². The molecule has 1 saturated heterocycles. The van der Waals surface area contributed by atoms with E-state index in [0.717, 1.165) is 36.3 Å². The minimum absolute atomic E-state index is 0.387. The summed E-state index contributed by atoms with van der Waals surface area (Å²) in [6, 6.07) is -0.667. The van der Waals surface area contributed by atoms with Crippen molar-refractivity contribution in [3.63, 3.8) is 0 Å². The molecule has 6 nitrogen and oxygen atoms in total. The quantitative estimate of drug-likeness (QED) is 0.849. The van der Waals surface area contributed by atoms with Crippen LogP contribution in [0, 0.1) is 5.41 Å². The van der Waals surface area contributed by atoms with E-state index in [9.17, 15) is 14.4 Å². The number of carbonyl (C=O) groups is 3. The van der Waals surface area contributed by atoms with Gasteiger partial charge >= 0.3 is 6.03 Å². The van der Waals surface area contributed by atoms with Gasteiger partial charge in [0.05, 0.1) is 5.69 Å². The number of amides is 4. The molecular weight excluding hydrogens is 290 g/mol. The molecule has 0 bridgehead atoms. The van der Waals surface area contributed by atoms with E-state index in [2.05, 4.69) is 10.3 Å². The number of barbiturate groups is 1. The Morgan fingerprint density at radius 1 is 1.24 bits per heavy atom. The van der Waals surface area contributed by atoms with Crippen molar-refractivity contribution >= 4 is 34.3 Å². The second-order valence-electron chi connectivity index (χ2n) is 6.02. The Morgan fingerprint density at radius 3 is 2.62 bits per heavy atom. The fourth-order valence-corrected chi connectivity index (χ4v) is 4.12. The fraction of sp³-hybridized carbons (Fsp3) is 0.571. The highest BCUT2D eigenvalue weighted by Gasteiger charge is 2.56. The first-order chi connectivity index (χ1) is 10.1. The van der Waals surface area contributed by atoms with Gasteiger partial charge in [-0.05, 0) is 25.7 Å². The number of aromatic nitrogens is 1. The Labute approximate surface area is 125 Å². The number of rotatable bonds is 2. The minimum atomic E-state index is -1.06. The molecule has 21 heavy (non-hydrogen) atoms. The van der Waals surface area contributed by atoms with Crippen LogP contribution in [0.5, 0.6) is 0 Å². The zero-order valence-corrected chi connectivity index (χ0v) is 12.2. The molecule has 2 saturated carbocycles. The Morgan fingerprint density at radius 2 is 1.95 bits per heavy atom. The lowest BCUT2D eigenvalue weighted by Gasteiger charge is -2.35.